The molecule has 1 aliphatic rings. The first-order valence-electron chi connectivity index (χ1n) is 7.52. The molecule has 2 atom stereocenters. The molecule has 0 saturated carbocycles. The van der Waals surface area contributed by atoms with E-state index in [0.717, 1.165) is 24.8 Å². The van der Waals surface area contributed by atoms with Crippen LogP contribution in [-0.4, -0.2) is 22.1 Å². The molecule has 0 fully saturated rings. The highest BCUT2D eigenvalue weighted by Gasteiger charge is 2.26. The van der Waals surface area contributed by atoms with Gasteiger partial charge in [0.2, 0.25) is 0 Å². The summed E-state index contributed by atoms with van der Waals surface area (Å²) in [6.45, 7) is 1.99. The lowest BCUT2D eigenvalue weighted by Crippen LogP contribution is -2.31. The van der Waals surface area contributed by atoms with Gasteiger partial charge in [0.1, 0.15) is 12.4 Å². The van der Waals surface area contributed by atoms with Crippen molar-refractivity contribution in [2.24, 2.45) is 11.7 Å². The number of hydrogen-bond donors (Lipinski definition) is 2. The van der Waals surface area contributed by atoms with Crippen LogP contribution < -0.4 is 5.73 Å². The Morgan fingerprint density at radius 3 is 2.86 bits per heavy atom. The minimum atomic E-state index is -0.200. The second kappa shape index (κ2) is 6.13. The molecule has 2 aromatic rings. The van der Waals surface area contributed by atoms with Crippen LogP contribution in [0, 0.1) is 11.3 Å². The molecule has 5 nitrogen and oxygen atoms in total. The van der Waals surface area contributed by atoms with Gasteiger partial charge in [0.05, 0.1) is 0 Å². The Morgan fingerprint density at radius 1 is 1.36 bits per heavy atom. The molecule has 0 amide bonds. The van der Waals surface area contributed by atoms with E-state index in [1.54, 1.807) is 6.33 Å². The molecular formula is C17H20N4O. The maximum atomic E-state index is 7.28. The van der Waals surface area contributed by atoms with Crippen molar-refractivity contribution in [3.05, 3.63) is 48.0 Å². The lowest BCUT2D eigenvalue weighted by Gasteiger charge is -2.30. The van der Waals surface area contributed by atoms with Crippen LogP contribution in [0.1, 0.15) is 24.5 Å². The Morgan fingerprint density at radius 2 is 2.14 bits per heavy atom. The van der Waals surface area contributed by atoms with Crippen molar-refractivity contribution in [2.75, 3.05) is 0 Å². The molecule has 0 bridgehead atoms. The Hall–Kier alpha value is -2.43. The Balaban J connectivity index is 1.86. The fourth-order valence-electron chi connectivity index (χ4n) is 3.24. The van der Waals surface area contributed by atoms with Crippen LogP contribution in [0.5, 0.6) is 0 Å². The van der Waals surface area contributed by atoms with Gasteiger partial charge < -0.3 is 10.5 Å². The van der Waals surface area contributed by atoms with E-state index in [-0.39, 0.29) is 12.1 Å². The predicted molar refractivity (Wildman–Crippen MR) is 85.4 cm³/mol. The minimum Gasteiger partial charge on any atom is -0.462 e. The van der Waals surface area contributed by atoms with E-state index in [1.165, 1.54) is 16.7 Å². The fourth-order valence-corrected chi connectivity index (χ4v) is 3.24. The molecule has 5 heteroatoms. The number of rotatable bonds is 3. The zero-order valence-electron chi connectivity index (χ0n) is 12.6. The zero-order chi connectivity index (χ0) is 15.5. The van der Waals surface area contributed by atoms with Crippen molar-refractivity contribution in [3.8, 4) is 11.1 Å². The highest BCUT2D eigenvalue weighted by atomic mass is 16.5. The van der Waals surface area contributed by atoms with Gasteiger partial charge in [-0.25, -0.2) is 9.97 Å². The molecule has 3 N–H and O–H groups in total. The van der Waals surface area contributed by atoms with E-state index in [1.807, 2.05) is 19.3 Å². The lowest BCUT2D eigenvalue weighted by atomic mass is 9.79. The van der Waals surface area contributed by atoms with Gasteiger partial charge in [-0.05, 0) is 42.9 Å². The quantitative estimate of drug-likeness (QED) is 0.673. The molecule has 22 heavy (non-hydrogen) atoms. The number of nitrogens with zero attached hydrogens (tertiary/aromatic N) is 2. The third-order valence-corrected chi connectivity index (χ3v) is 4.37. The van der Waals surface area contributed by atoms with Crippen molar-refractivity contribution in [3.63, 3.8) is 0 Å². The smallest absolute Gasteiger partial charge is 0.279 e. The molecule has 0 aliphatic heterocycles. The van der Waals surface area contributed by atoms with Gasteiger partial charge in [-0.3, -0.25) is 5.41 Å². The molecule has 114 valence electrons. The molecule has 1 unspecified atom stereocenters. The van der Waals surface area contributed by atoms with Gasteiger partial charge in [0.15, 0.2) is 0 Å². The standard InChI is InChI=1S/C17H20N4O/c1-11(22-17(18)19)12-5-6-16-13(7-12)3-2-4-15(16)14-8-20-10-21-9-14/h2-4,8-12H,5-7H2,1H3,(H3,18,19)/t11-,12?/m1/s1. The molecular weight excluding hydrogens is 276 g/mol. The summed E-state index contributed by atoms with van der Waals surface area (Å²) >= 11 is 0. The highest BCUT2D eigenvalue weighted by Crippen LogP contribution is 2.34. The van der Waals surface area contributed by atoms with Gasteiger partial charge in [-0.2, -0.15) is 0 Å². The summed E-state index contributed by atoms with van der Waals surface area (Å²) in [5, 5.41) is 7.28. The maximum Gasteiger partial charge on any atom is 0.279 e. The van der Waals surface area contributed by atoms with E-state index >= 15 is 0 Å². The fraction of sp³-hybridized carbons (Fsp3) is 0.353. The van der Waals surface area contributed by atoms with Crippen LogP contribution in [0.25, 0.3) is 11.1 Å². The third kappa shape index (κ3) is 2.93. The number of hydrogen-bond acceptors (Lipinski definition) is 4. The van der Waals surface area contributed by atoms with Gasteiger partial charge in [0, 0.05) is 23.9 Å². The Labute approximate surface area is 130 Å². The number of amidine groups is 1. The number of nitrogens with two attached hydrogens (primary N) is 1. The zero-order valence-corrected chi connectivity index (χ0v) is 12.6. The first-order valence-corrected chi connectivity index (χ1v) is 7.52. The molecule has 0 radical (unpaired) electrons. The van der Waals surface area contributed by atoms with Crippen LogP contribution in [-0.2, 0) is 17.6 Å². The van der Waals surface area contributed by atoms with Crippen LogP contribution in [0.3, 0.4) is 0 Å². The summed E-state index contributed by atoms with van der Waals surface area (Å²) in [7, 11) is 0. The summed E-state index contributed by atoms with van der Waals surface area (Å²) in [5.41, 5.74) is 10.3. The van der Waals surface area contributed by atoms with Crippen molar-refractivity contribution in [1.82, 2.24) is 9.97 Å². The summed E-state index contributed by atoms with van der Waals surface area (Å²) in [4.78, 5) is 8.23. The predicted octanol–water partition coefficient (Wildman–Crippen LogP) is 2.55. The van der Waals surface area contributed by atoms with E-state index < -0.39 is 0 Å². The molecule has 1 aromatic carbocycles. The highest BCUT2D eigenvalue weighted by molar-refractivity contribution is 5.68. The van der Waals surface area contributed by atoms with Crippen molar-refractivity contribution in [1.29, 1.82) is 5.41 Å². The van der Waals surface area contributed by atoms with Crippen LogP contribution in [0.4, 0.5) is 0 Å². The van der Waals surface area contributed by atoms with Crippen molar-refractivity contribution in [2.45, 2.75) is 32.3 Å². The minimum absolute atomic E-state index is 0.0330. The number of nitrogens with one attached hydrogen (secondary N) is 1. The third-order valence-electron chi connectivity index (χ3n) is 4.37. The average molecular weight is 296 g/mol. The van der Waals surface area contributed by atoms with E-state index in [0.29, 0.717) is 5.92 Å². The molecule has 1 aliphatic carbocycles. The summed E-state index contributed by atoms with van der Waals surface area (Å²) in [6, 6.07) is 6.19. The normalized spacial score (nSPS) is 18.3. The largest absolute Gasteiger partial charge is 0.462 e. The maximum absolute atomic E-state index is 7.28. The molecule has 3 rings (SSSR count). The first-order chi connectivity index (χ1) is 10.6. The van der Waals surface area contributed by atoms with Gasteiger partial charge in [-0.1, -0.05) is 18.2 Å². The van der Waals surface area contributed by atoms with Crippen molar-refractivity contribution < 1.29 is 4.74 Å². The van der Waals surface area contributed by atoms with Crippen LogP contribution >= 0.6 is 0 Å². The van der Waals surface area contributed by atoms with Gasteiger partial charge >= 0.3 is 0 Å². The number of benzene rings is 1. The van der Waals surface area contributed by atoms with Gasteiger partial charge in [0.25, 0.3) is 6.02 Å². The number of fused-ring (bicyclic) bond motifs is 1. The number of aromatic nitrogens is 2. The van der Waals surface area contributed by atoms with Crippen LogP contribution in [0.15, 0.2) is 36.9 Å². The Bertz CT molecular complexity index is 672. The molecule has 0 spiro atoms. The molecule has 1 aromatic heterocycles. The Kier molecular flexibility index (Phi) is 4.04. The molecule has 1 heterocycles. The SMILES string of the molecule is C[C@@H](OC(=N)N)C1CCc2c(cccc2-c2cncnc2)C1. The first kappa shape index (κ1) is 14.5. The average Bonchev–Trinajstić information content (AvgIpc) is 2.54. The number of ether oxygens (including phenoxy) is 1. The topological polar surface area (TPSA) is 84.9 Å². The van der Waals surface area contributed by atoms with E-state index in [2.05, 4.69) is 28.2 Å². The second-order valence-corrected chi connectivity index (χ2v) is 5.76. The molecule has 0 saturated heterocycles. The monoisotopic (exact) mass is 296 g/mol. The summed E-state index contributed by atoms with van der Waals surface area (Å²) in [6.07, 6.45) is 8.21. The second-order valence-electron chi connectivity index (χ2n) is 5.76. The van der Waals surface area contributed by atoms with E-state index in [9.17, 15) is 0 Å². The lowest BCUT2D eigenvalue weighted by molar-refractivity contribution is 0.125. The van der Waals surface area contributed by atoms with E-state index in [4.69, 9.17) is 15.9 Å². The summed E-state index contributed by atoms with van der Waals surface area (Å²) < 4.78 is 5.36. The van der Waals surface area contributed by atoms with Gasteiger partial charge in [-0.15, -0.1) is 0 Å². The van der Waals surface area contributed by atoms with Crippen molar-refractivity contribution >= 4 is 6.02 Å². The summed E-state index contributed by atoms with van der Waals surface area (Å²) in [5.74, 6) is 0.388. The van der Waals surface area contributed by atoms with Crippen LogP contribution in [0.2, 0.25) is 0 Å².